The van der Waals surface area contributed by atoms with Crippen LogP contribution in [0.3, 0.4) is 0 Å². The van der Waals surface area contributed by atoms with Gasteiger partial charge in [0.15, 0.2) is 5.78 Å². The Morgan fingerprint density at radius 3 is 2.28 bits per heavy atom. The molecule has 0 aromatic heterocycles. The number of hydrogen-bond donors (Lipinski definition) is 2. The number of carboxylic acid groups (broad SMARTS) is 1. The van der Waals surface area contributed by atoms with Crippen LogP contribution in [0.2, 0.25) is 5.02 Å². The molecule has 4 fully saturated rings. The highest BCUT2D eigenvalue weighted by Gasteiger charge is 2.71. The zero-order valence-electron chi connectivity index (χ0n) is 37.0. The van der Waals surface area contributed by atoms with Gasteiger partial charge in [0.25, 0.3) is 0 Å². The van der Waals surface area contributed by atoms with Crippen LogP contribution in [0.25, 0.3) is 0 Å². The zero-order valence-corrected chi connectivity index (χ0v) is 37.7. The molecular weight excluding hydrogens is 736 g/mol. The summed E-state index contributed by atoms with van der Waals surface area (Å²) in [6.07, 6.45) is 7.11. The van der Waals surface area contributed by atoms with Crippen molar-refractivity contribution in [2.24, 2.45) is 56.2 Å². The number of ether oxygens (including phenoxy) is 1. The second-order valence-corrected chi connectivity index (χ2v) is 22.2. The van der Waals surface area contributed by atoms with Crippen molar-refractivity contribution in [2.45, 2.75) is 145 Å². The summed E-state index contributed by atoms with van der Waals surface area (Å²) in [5.41, 5.74) is 1.48. The molecule has 318 valence electrons. The van der Waals surface area contributed by atoms with Gasteiger partial charge in [-0.15, -0.1) is 0 Å². The highest BCUT2D eigenvalue weighted by atomic mass is 35.5. The van der Waals surface area contributed by atoms with Crippen LogP contribution < -0.4 is 0 Å². The lowest BCUT2D eigenvalue weighted by atomic mass is 9.33. The van der Waals surface area contributed by atoms with E-state index >= 15 is 0 Å². The van der Waals surface area contributed by atoms with Gasteiger partial charge in [-0.1, -0.05) is 77.8 Å². The number of fused-ring (bicyclic) bond motifs is 7. The molecule has 0 amide bonds. The molecule has 6 rings (SSSR count). The summed E-state index contributed by atoms with van der Waals surface area (Å²) < 4.78 is 6.20. The number of aliphatic hydroxyl groups excluding tert-OH is 1. The number of rotatable bonds is 13. The van der Waals surface area contributed by atoms with Gasteiger partial charge in [0.2, 0.25) is 0 Å². The molecule has 1 aromatic rings. The summed E-state index contributed by atoms with van der Waals surface area (Å²) >= 11 is 6.41. The van der Waals surface area contributed by atoms with Gasteiger partial charge in [0, 0.05) is 48.5 Å². The van der Waals surface area contributed by atoms with E-state index in [0.717, 1.165) is 75.6 Å². The van der Waals surface area contributed by atoms with Gasteiger partial charge in [-0.25, -0.2) is 0 Å². The summed E-state index contributed by atoms with van der Waals surface area (Å²) in [7, 11) is 4.16. The quantitative estimate of drug-likeness (QED) is 0.190. The molecule has 4 saturated carbocycles. The summed E-state index contributed by atoms with van der Waals surface area (Å²) in [5.74, 6) is -0.00895. The number of hydrogen-bond acceptors (Lipinski definition) is 7. The normalized spacial score (nSPS) is 35.5. The van der Waals surface area contributed by atoms with Gasteiger partial charge >= 0.3 is 11.9 Å². The Morgan fingerprint density at radius 2 is 1.65 bits per heavy atom. The van der Waals surface area contributed by atoms with Crippen molar-refractivity contribution in [2.75, 3.05) is 33.7 Å². The number of aliphatic carboxylic acids is 1. The Bertz CT molecular complexity index is 1750. The number of esters is 1. The summed E-state index contributed by atoms with van der Waals surface area (Å²) in [5, 5.41) is 23.1. The molecule has 9 heteroatoms. The van der Waals surface area contributed by atoms with Crippen molar-refractivity contribution in [1.29, 1.82) is 0 Å². The smallest absolute Gasteiger partial charge is 0.309 e. The molecule has 0 spiro atoms. The first kappa shape index (κ1) is 44.3. The van der Waals surface area contributed by atoms with E-state index in [1.165, 1.54) is 5.57 Å². The van der Waals surface area contributed by atoms with Crippen molar-refractivity contribution in [1.82, 2.24) is 9.80 Å². The van der Waals surface area contributed by atoms with E-state index in [4.69, 9.17) is 16.3 Å². The fourth-order valence-electron chi connectivity index (χ4n) is 13.8. The number of halogens is 1. The van der Waals surface area contributed by atoms with Gasteiger partial charge < -0.3 is 19.8 Å². The standard InChI is InChI=1S/C48H73ClN2O6/c1-30(2)40-34(52)26-48(37(53)29-51(24-23-50(10)11)28-31-13-12-14-32(49)25-31)22-21-46(8)33(41(40)48)15-16-36-45(7)19-18-38(57-39(54)27-43(3,4)42(55)56)44(5,6)35(45)17-20-47(36,46)9/h12-14,25,30,33,35-38,53H,15-24,26-29H2,1-11H3,(H,55,56)/t33-,35?,36-,37-,38+,45+,46-,47-,48?/m1/s1. The van der Waals surface area contributed by atoms with Crippen LogP contribution in [-0.4, -0.2) is 83.7 Å². The molecule has 1 aromatic carbocycles. The Hall–Kier alpha value is -2.26. The molecule has 0 radical (unpaired) electrons. The van der Waals surface area contributed by atoms with Gasteiger partial charge in [-0.05, 0) is 142 Å². The van der Waals surface area contributed by atoms with E-state index in [1.54, 1.807) is 13.8 Å². The number of carboxylic acids is 1. The van der Waals surface area contributed by atoms with Gasteiger partial charge in [-0.2, -0.15) is 0 Å². The van der Waals surface area contributed by atoms with E-state index in [2.05, 4.69) is 78.4 Å². The van der Waals surface area contributed by atoms with E-state index in [-0.39, 0.29) is 51.8 Å². The van der Waals surface area contributed by atoms with E-state index in [9.17, 15) is 24.6 Å². The Labute approximate surface area is 348 Å². The predicted molar refractivity (Wildman–Crippen MR) is 227 cm³/mol. The van der Waals surface area contributed by atoms with Crippen LogP contribution in [0.1, 0.15) is 132 Å². The first-order valence-electron chi connectivity index (χ1n) is 21.9. The van der Waals surface area contributed by atoms with Gasteiger partial charge in [-0.3, -0.25) is 19.3 Å². The minimum Gasteiger partial charge on any atom is -0.481 e. The van der Waals surface area contributed by atoms with E-state index < -0.39 is 28.9 Å². The number of carbonyl (C=O) groups is 3. The lowest BCUT2D eigenvalue weighted by Gasteiger charge is -2.72. The minimum absolute atomic E-state index is 0.0333. The molecule has 0 saturated heterocycles. The maximum atomic E-state index is 14.3. The average Bonchev–Trinajstić information content (AvgIpc) is 3.42. The predicted octanol–water partition coefficient (Wildman–Crippen LogP) is 9.46. The second kappa shape index (κ2) is 15.6. The van der Waals surface area contributed by atoms with Crippen LogP contribution in [0, 0.1) is 56.2 Å². The van der Waals surface area contributed by atoms with Gasteiger partial charge in [0.05, 0.1) is 17.9 Å². The first-order valence-corrected chi connectivity index (χ1v) is 22.3. The van der Waals surface area contributed by atoms with Crippen LogP contribution in [-0.2, 0) is 25.7 Å². The lowest BCUT2D eigenvalue weighted by Crippen LogP contribution is -2.66. The zero-order chi connectivity index (χ0) is 42.1. The summed E-state index contributed by atoms with van der Waals surface area (Å²) in [6, 6.07) is 8.00. The second-order valence-electron chi connectivity index (χ2n) is 21.7. The largest absolute Gasteiger partial charge is 0.481 e. The summed E-state index contributed by atoms with van der Waals surface area (Å²) in [4.78, 5) is 43.8. The molecule has 57 heavy (non-hydrogen) atoms. The van der Waals surface area contributed by atoms with Crippen molar-refractivity contribution in [3.63, 3.8) is 0 Å². The molecular formula is C48H73ClN2O6. The van der Waals surface area contributed by atoms with Crippen molar-refractivity contribution in [3.05, 3.63) is 46.0 Å². The number of carbonyl (C=O) groups excluding carboxylic acids is 2. The number of nitrogens with zero attached hydrogens (tertiary/aromatic N) is 2. The molecule has 5 aliphatic rings. The van der Waals surface area contributed by atoms with Crippen LogP contribution in [0.15, 0.2) is 35.4 Å². The number of aliphatic hydroxyl groups is 1. The maximum absolute atomic E-state index is 14.3. The fourth-order valence-corrected chi connectivity index (χ4v) is 14.0. The molecule has 5 aliphatic carbocycles. The third-order valence-electron chi connectivity index (χ3n) is 17.1. The van der Waals surface area contributed by atoms with Crippen molar-refractivity contribution >= 4 is 29.3 Å². The molecule has 0 bridgehead atoms. The Kier molecular flexibility index (Phi) is 12.2. The highest BCUT2D eigenvalue weighted by Crippen LogP contribution is 2.77. The Balaban J connectivity index is 1.29. The van der Waals surface area contributed by atoms with Crippen LogP contribution in [0.5, 0.6) is 0 Å². The third-order valence-corrected chi connectivity index (χ3v) is 17.3. The molecule has 9 atom stereocenters. The number of Topliss-reactive ketones (excluding diaryl/α,β-unsaturated/α-hetero) is 1. The fraction of sp³-hybridized carbons (Fsp3) is 0.771. The molecule has 0 heterocycles. The average molecular weight is 810 g/mol. The molecule has 8 nitrogen and oxygen atoms in total. The maximum Gasteiger partial charge on any atom is 0.309 e. The molecule has 2 unspecified atom stereocenters. The number of likely N-dealkylation sites (N-methyl/N-ethyl adjacent to an activating group) is 1. The lowest BCUT2D eigenvalue weighted by molar-refractivity contribution is -0.235. The molecule has 0 aliphatic heterocycles. The number of ketones is 1. The summed E-state index contributed by atoms with van der Waals surface area (Å²) in [6.45, 7) is 22.6. The van der Waals surface area contributed by atoms with Crippen molar-refractivity contribution < 1.29 is 29.3 Å². The topological polar surface area (TPSA) is 107 Å². The number of allylic oxidation sites excluding steroid dienone is 1. The van der Waals surface area contributed by atoms with Crippen LogP contribution in [0.4, 0.5) is 0 Å². The monoisotopic (exact) mass is 809 g/mol. The SMILES string of the molecule is CC(C)C1=C2[C@H]3CC[C@@H]4[C@@]5(C)CC[C@H](OC(=O)CC(C)(C)C(=O)O)C(C)(C)C5CC[C@@]4(C)[C@]3(C)CCC2([C@H](O)CN(CCN(C)C)Cc2cccc(Cl)c2)CC1=O. The number of benzene rings is 1. The Morgan fingerprint density at radius 1 is 0.947 bits per heavy atom. The first-order chi connectivity index (χ1) is 26.4. The van der Waals surface area contributed by atoms with E-state index in [0.29, 0.717) is 36.4 Å². The minimum atomic E-state index is -1.17. The van der Waals surface area contributed by atoms with Gasteiger partial charge in [0.1, 0.15) is 6.10 Å². The molecule has 2 N–H and O–H groups in total. The van der Waals surface area contributed by atoms with Crippen LogP contribution >= 0.6 is 11.6 Å². The third kappa shape index (κ3) is 7.58. The van der Waals surface area contributed by atoms with Crippen molar-refractivity contribution in [3.8, 4) is 0 Å². The van der Waals surface area contributed by atoms with E-state index in [1.807, 2.05) is 18.2 Å². The highest BCUT2D eigenvalue weighted by molar-refractivity contribution is 6.30.